The molecule has 3 aromatic carbocycles. The van der Waals surface area contributed by atoms with Crippen LogP contribution in [-0.2, 0) is 6.54 Å². The van der Waals surface area contributed by atoms with E-state index in [1.54, 1.807) is 31.4 Å². The van der Waals surface area contributed by atoms with Crippen molar-refractivity contribution in [3.05, 3.63) is 95.1 Å². The van der Waals surface area contributed by atoms with Crippen molar-refractivity contribution in [1.29, 1.82) is 0 Å². The van der Waals surface area contributed by atoms with Crippen LogP contribution < -0.4 is 15.4 Å². The molecule has 0 radical (unpaired) electrons. The first-order valence-corrected chi connectivity index (χ1v) is 8.75. The van der Waals surface area contributed by atoms with Crippen molar-refractivity contribution in [1.82, 2.24) is 5.32 Å². The lowest BCUT2D eigenvalue weighted by molar-refractivity contribution is 0.0952. The number of methoxy groups -OCH3 is 1. The molecule has 0 fully saturated rings. The molecule has 7 heteroatoms. The van der Waals surface area contributed by atoms with E-state index in [4.69, 9.17) is 4.74 Å². The van der Waals surface area contributed by atoms with E-state index in [-0.39, 0.29) is 17.8 Å². The lowest BCUT2D eigenvalue weighted by Gasteiger charge is -2.12. The highest BCUT2D eigenvalue weighted by Gasteiger charge is 2.19. The Kier molecular flexibility index (Phi) is 6.19. The van der Waals surface area contributed by atoms with E-state index in [2.05, 4.69) is 10.6 Å². The molecule has 0 unspecified atom stereocenters. The number of hydrogen-bond acceptors (Lipinski definition) is 3. The first-order valence-electron chi connectivity index (χ1n) is 8.75. The highest BCUT2D eigenvalue weighted by atomic mass is 19.1. The van der Waals surface area contributed by atoms with Crippen LogP contribution in [0, 0.1) is 11.6 Å². The molecule has 3 aromatic rings. The monoisotopic (exact) mass is 396 g/mol. The Morgan fingerprint density at radius 3 is 2.17 bits per heavy atom. The van der Waals surface area contributed by atoms with Gasteiger partial charge in [0.15, 0.2) is 0 Å². The third-order valence-corrected chi connectivity index (χ3v) is 4.22. The van der Waals surface area contributed by atoms with Gasteiger partial charge in [-0.25, -0.2) is 8.78 Å². The summed E-state index contributed by atoms with van der Waals surface area (Å²) in [7, 11) is 1.56. The van der Waals surface area contributed by atoms with Crippen molar-refractivity contribution in [3.63, 3.8) is 0 Å². The molecule has 0 bridgehead atoms. The highest BCUT2D eigenvalue weighted by Crippen LogP contribution is 2.19. The van der Waals surface area contributed by atoms with Crippen LogP contribution in [0.2, 0.25) is 0 Å². The van der Waals surface area contributed by atoms with E-state index in [9.17, 15) is 18.4 Å². The minimum atomic E-state index is -0.982. The number of rotatable bonds is 6. The van der Waals surface area contributed by atoms with E-state index >= 15 is 0 Å². The minimum absolute atomic E-state index is 0.146. The van der Waals surface area contributed by atoms with Crippen molar-refractivity contribution in [2.75, 3.05) is 12.4 Å². The van der Waals surface area contributed by atoms with Crippen LogP contribution in [0.4, 0.5) is 14.5 Å². The summed E-state index contributed by atoms with van der Waals surface area (Å²) >= 11 is 0. The number of carbonyl (C=O) groups is 2. The summed E-state index contributed by atoms with van der Waals surface area (Å²) in [4.78, 5) is 24.9. The Labute approximate surface area is 166 Å². The van der Waals surface area contributed by atoms with Crippen LogP contribution in [0.3, 0.4) is 0 Å². The molecule has 29 heavy (non-hydrogen) atoms. The van der Waals surface area contributed by atoms with Crippen LogP contribution in [0.1, 0.15) is 26.3 Å². The number of carbonyl (C=O) groups excluding carboxylic acids is 2. The standard InChI is InChI=1S/C22H18F2N2O3/c1-29-15-11-9-14(10-12-15)13-25-21(27)16-5-2-3-8-19(16)26-22(28)20-17(23)6-4-7-18(20)24/h2-12H,13H2,1H3,(H,25,27)(H,26,28). The maximum Gasteiger partial charge on any atom is 0.261 e. The van der Waals surface area contributed by atoms with Gasteiger partial charge in [-0.2, -0.15) is 0 Å². The SMILES string of the molecule is COc1ccc(CNC(=O)c2ccccc2NC(=O)c2c(F)cccc2F)cc1. The molecule has 2 amide bonds. The van der Waals surface area contributed by atoms with Crippen molar-refractivity contribution in [3.8, 4) is 5.75 Å². The summed E-state index contributed by atoms with van der Waals surface area (Å²) in [5.41, 5.74) is 0.466. The summed E-state index contributed by atoms with van der Waals surface area (Å²) in [5, 5.41) is 5.16. The zero-order valence-electron chi connectivity index (χ0n) is 15.5. The van der Waals surface area contributed by atoms with Gasteiger partial charge in [0, 0.05) is 6.54 Å². The van der Waals surface area contributed by atoms with Gasteiger partial charge in [-0.05, 0) is 42.0 Å². The fourth-order valence-corrected chi connectivity index (χ4v) is 2.71. The van der Waals surface area contributed by atoms with Gasteiger partial charge in [-0.15, -0.1) is 0 Å². The number of para-hydroxylation sites is 1. The summed E-state index contributed by atoms with van der Waals surface area (Å²) in [6, 6.07) is 16.6. The number of amides is 2. The molecule has 0 heterocycles. The van der Waals surface area contributed by atoms with Crippen LogP contribution in [0.5, 0.6) is 5.75 Å². The zero-order valence-corrected chi connectivity index (χ0v) is 15.5. The van der Waals surface area contributed by atoms with Crippen LogP contribution >= 0.6 is 0 Å². The van der Waals surface area contributed by atoms with E-state index in [0.717, 1.165) is 17.7 Å². The quantitative estimate of drug-likeness (QED) is 0.658. The molecule has 2 N–H and O–H groups in total. The van der Waals surface area contributed by atoms with Gasteiger partial charge in [-0.1, -0.05) is 30.3 Å². The summed E-state index contributed by atoms with van der Waals surface area (Å²) in [6.07, 6.45) is 0. The normalized spacial score (nSPS) is 10.3. The lowest BCUT2D eigenvalue weighted by atomic mass is 10.1. The number of hydrogen-bond donors (Lipinski definition) is 2. The van der Waals surface area contributed by atoms with E-state index in [1.165, 1.54) is 18.2 Å². The maximum atomic E-state index is 13.8. The second kappa shape index (κ2) is 8.97. The molecular weight excluding hydrogens is 378 g/mol. The van der Waals surface area contributed by atoms with Crippen molar-refractivity contribution in [2.24, 2.45) is 0 Å². The fourth-order valence-electron chi connectivity index (χ4n) is 2.71. The second-order valence-electron chi connectivity index (χ2n) is 6.13. The molecule has 0 saturated heterocycles. The molecule has 0 aliphatic carbocycles. The Morgan fingerprint density at radius 1 is 0.862 bits per heavy atom. The van der Waals surface area contributed by atoms with Gasteiger partial charge in [0.05, 0.1) is 18.4 Å². The largest absolute Gasteiger partial charge is 0.497 e. The molecule has 0 atom stereocenters. The maximum absolute atomic E-state index is 13.8. The molecule has 5 nitrogen and oxygen atoms in total. The van der Waals surface area contributed by atoms with Gasteiger partial charge in [-0.3, -0.25) is 9.59 Å². The van der Waals surface area contributed by atoms with E-state index in [1.807, 2.05) is 12.1 Å². The number of halogens is 2. The molecular formula is C22H18F2N2O3. The zero-order chi connectivity index (χ0) is 20.8. The Morgan fingerprint density at radius 2 is 1.52 bits per heavy atom. The molecule has 0 aliphatic heterocycles. The minimum Gasteiger partial charge on any atom is -0.497 e. The molecule has 148 valence electrons. The molecule has 3 rings (SSSR count). The molecule has 0 saturated carbocycles. The first-order chi connectivity index (χ1) is 14.0. The van der Waals surface area contributed by atoms with Gasteiger partial charge < -0.3 is 15.4 Å². The average Bonchev–Trinajstić information content (AvgIpc) is 2.72. The number of anilines is 1. The van der Waals surface area contributed by atoms with Crippen molar-refractivity contribution >= 4 is 17.5 Å². The predicted molar refractivity (Wildman–Crippen MR) is 105 cm³/mol. The Hall–Kier alpha value is -3.74. The predicted octanol–water partition coefficient (Wildman–Crippen LogP) is 4.16. The third kappa shape index (κ3) is 4.76. The smallest absolute Gasteiger partial charge is 0.261 e. The van der Waals surface area contributed by atoms with Gasteiger partial charge in [0.1, 0.15) is 22.9 Å². The summed E-state index contributed by atoms with van der Waals surface area (Å²) in [6.45, 7) is 0.257. The lowest BCUT2D eigenvalue weighted by Crippen LogP contribution is -2.25. The van der Waals surface area contributed by atoms with E-state index < -0.39 is 29.0 Å². The van der Waals surface area contributed by atoms with Crippen LogP contribution in [0.25, 0.3) is 0 Å². The van der Waals surface area contributed by atoms with E-state index in [0.29, 0.717) is 5.75 Å². The van der Waals surface area contributed by atoms with Gasteiger partial charge >= 0.3 is 0 Å². The van der Waals surface area contributed by atoms with Gasteiger partial charge in [0.25, 0.3) is 11.8 Å². The fraction of sp³-hybridized carbons (Fsp3) is 0.0909. The molecule has 0 aromatic heterocycles. The average molecular weight is 396 g/mol. The summed E-state index contributed by atoms with van der Waals surface area (Å²) in [5.74, 6) is -2.68. The Bertz CT molecular complexity index is 1020. The Balaban J connectivity index is 1.74. The third-order valence-electron chi connectivity index (χ3n) is 4.22. The number of ether oxygens (including phenoxy) is 1. The van der Waals surface area contributed by atoms with Crippen molar-refractivity contribution < 1.29 is 23.1 Å². The number of nitrogens with one attached hydrogen (secondary N) is 2. The molecule has 0 spiro atoms. The molecule has 0 aliphatic rings. The summed E-state index contributed by atoms with van der Waals surface area (Å²) < 4.78 is 32.8. The highest BCUT2D eigenvalue weighted by molar-refractivity contribution is 6.09. The topological polar surface area (TPSA) is 67.4 Å². The second-order valence-corrected chi connectivity index (χ2v) is 6.13. The van der Waals surface area contributed by atoms with Crippen LogP contribution in [0.15, 0.2) is 66.7 Å². The van der Waals surface area contributed by atoms with Crippen LogP contribution in [-0.4, -0.2) is 18.9 Å². The van der Waals surface area contributed by atoms with Gasteiger partial charge in [0.2, 0.25) is 0 Å². The first kappa shape index (κ1) is 20.0. The number of benzene rings is 3. The van der Waals surface area contributed by atoms with Crippen molar-refractivity contribution in [2.45, 2.75) is 6.54 Å².